The van der Waals surface area contributed by atoms with Crippen LogP contribution >= 0.6 is 0 Å². The summed E-state index contributed by atoms with van der Waals surface area (Å²) in [5.41, 5.74) is 3.84. The Labute approximate surface area is 212 Å². The van der Waals surface area contributed by atoms with Crippen LogP contribution in [0.5, 0.6) is 0 Å². The highest BCUT2D eigenvalue weighted by Crippen LogP contribution is 2.54. The van der Waals surface area contributed by atoms with E-state index < -0.39 is 0 Å². The number of anilines is 2. The van der Waals surface area contributed by atoms with Crippen molar-refractivity contribution in [3.63, 3.8) is 0 Å². The number of ether oxygens (including phenoxy) is 1. The number of carbonyl (C=O) groups excluding carboxylic acids is 1. The number of rotatable bonds is 5. The number of benzene rings is 1. The van der Waals surface area contributed by atoms with Gasteiger partial charge in [-0.1, -0.05) is 6.92 Å². The van der Waals surface area contributed by atoms with Gasteiger partial charge < -0.3 is 15.0 Å². The van der Waals surface area contributed by atoms with Gasteiger partial charge in [-0.2, -0.15) is 5.10 Å². The van der Waals surface area contributed by atoms with Crippen LogP contribution in [0.2, 0.25) is 0 Å². The van der Waals surface area contributed by atoms with E-state index in [1.54, 1.807) is 4.68 Å². The molecular formula is C28H36N6O2. The van der Waals surface area contributed by atoms with Crippen molar-refractivity contribution in [3.8, 4) is 0 Å². The summed E-state index contributed by atoms with van der Waals surface area (Å²) in [7, 11) is 1.91. The van der Waals surface area contributed by atoms with Crippen molar-refractivity contribution in [2.75, 3.05) is 49.6 Å². The minimum Gasteiger partial charge on any atom is -0.379 e. The normalized spacial score (nSPS) is 28.6. The van der Waals surface area contributed by atoms with Gasteiger partial charge in [0.2, 0.25) is 5.91 Å². The molecule has 36 heavy (non-hydrogen) atoms. The fourth-order valence-corrected chi connectivity index (χ4v) is 6.29. The average molecular weight is 489 g/mol. The van der Waals surface area contributed by atoms with E-state index in [1.807, 2.05) is 31.7 Å². The SMILES string of the molecule is Cc1cc2cnc(NC(=O)[C@@H]3[C@@H](C)[C@H]3c3cnn(C)c3)cc2cc1N1CCN([C@@]2(C)CCOC2)CC1. The molecule has 3 fully saturated rings. The number of nitrogens with one attached hydrogen (secondary N) is 1. The number of aryl methyl sites for hydroxylation is 2. The topological polar surface area (TPSA) is 75.5 Å². The van der Waals surface area contributed by atoms with Gasteiger partial charge in [0.25, 0.3) is 0 Å². The van der Waals surface area contributed by atoms with Gasteiger partial charge in [0, 0.05) is 80.7 Å². The molecule has 0 bridgehead atoms. The highest BCUT2D eigenvalue weighted by molar-refractivity contribution is 5.97. The quantitative estimate of drug-likeness (QED) is 0.592. The number of hydrogen-bond donors (Lipinski definition) is 1. The van der Waals surface area contributed by atoms with Gasteiger partial charge in [-0.25, -0.2) is 4.98 Å². The first-order valence-corrected chi connectivity index (χ1v) is 13.1. The number of pyridine rings is 1. The van der Waals surface area contributed by atoms with Crippen molar-refractivity contribution in [1.82, 2.24) is 19.7 Å². The third kappa shape index (κ3) is 4.16. The Balaban J connectivity index is 1.16. The minimum absolute atomic E-state index is 0.0380. The van der Waals surface area contributed by atoms with Crippen LogP contribution in [0, 0.1) is 18.8 Å². The number of hydrogen-bond acceptors (Lipinski definition) is 6. The standard InChI is InChI=1S/C28H36N6O2/c1-18-11-21-14-29-24(31-27(35)26-19(2)25(26)22-15-30-32(4)16-22)13-20(21)12-23(18)33-6-8-34(9-7-33)28(3)5-10-36-17-28/h11-16,19,25-26H,5-10,17H2,1-4H3,(H,29,31,35)/t19-,25-,26+,28-/m0/s1. The number of carbonyl (C=O) groups is 1. The molecule has 8 nitrogen and oxygen atoms in total. The molecule has 4 atom stereocenters. The Kier molecular flexibility index (Phi) is 5.76. The molecule has 0 radical (unpaired) electrons. The van der Waals surface area contributed by atoms with Crippen molar-refractivity contribution in [1.29, 1.82) is 0 Å². The van der Waals surface area contributed by atoms with Crippen LogP contribution < -0.4 is 10.2 Å². The van der Waals surface area contributed by atoms with Crippen LogP contribution in [0.15, 0.2) is 36.8 Å². The number of piperazine rings is 1. The van der Waals surface area contributed by atoms with Gasteiger partial charge in [0.1, 0.15) is 5.82 Å². The van der Waals surface area contributed by atoms with E-state index in [0.717, 1.165) is 62.1 Å². The number of amides is 1. The van der Waals surface area contributed by atoms with Crippen LogP contribution in [0.3, 0.4) is 0 Å². The third-order valence-electron chi connectivity index (χ3n) is 8.66. The molecule has 1 amide bonds. The van der Waals surface area contributed by atoms with Crippen LogP contribution in [0.25, 0.3) is 10.8 Å². The lowest BCUT2D eigenvalue weighted by atomic mass is 9.97. The molecule has 1 aromatic carbocycles. The van der Waals surface area contributed by atoms with E-state index >= 15 is 0 Å². The van der Waals surface area contributed by atoms with Gasteiger partial charge in [-0.05, 0) is 60.9 Å². The second-order valence-electron chi connectivity index (χ2n) is 11.2. The van der Waals surface area contributed by atoms with E-state index in [9.17, 15) is 4.79 Å². The summed E-state index contributed by atoms with van der Waals surface area (Å²) in [5, 5.41) is 9.54. The zero-order chi connectivity index (χ0) is 25.0. The van der Waals surface area contributed by atoms with Crippen LogP contribution in [0.1, 0.15) is 37.3 Å². The van der Waals surface area contributed by atoms with Crippen LogP contribution in [0.4, 0.5) is 11.5 Å². The molecule has 2 saturated heterocycles. The lowest BCUT2D eigenvalue weighted by Gasteiger charge is -2.44. The monoisotopic (exact) mass is 488 g/mol. The molecule has 190 valence electrons. The predicted molar refractivity (Wildman–Crippen MR) is 141 cm³/mol. The fourth-order valence-electron chi connectivity index (χ4n) is 6.29. The molecule has 1 aliphatic carbocycles. The molecule has 0 unspecified atom stereocenters. The lowest BCUT2D eigenvalue weighted by Crippen LogP contribution is -2.56. The molecule has 3 aliphatic rings. The molecule has 6 rings (SSSR count). The van der Waals surface area contributed by atoms with Crippen LogP contribution in [-0.2, 0) is 16.6 Å². The van der Waals surface area contributed by atoms with Crippen molar-refractivity contribution < 1.29 is 9.53 Å². The molecule has 2 aromatic heterocycles. The molecular weight excluding hydrogens is 452 g/mol. The van der Waals surface area contributed by atoms with Gasteiger partial charge in [-0.15, -0.1) is 0 Å². The van der Waals surface area contributed by atoms with Crippen molar-refractivity contribution in [2.45, 2.75) is 38.6 Å². The van der Waals surface area contributed by atoms with Gasteiger partial charge in [0.05, 0.1) is 12.8 Å². The maximum atomic E-state index is 13.0. The second kappa shape index (κ2) is 8.85. The van der Waals surface area contributed by atoms with Crippen LogP contribution in [-0.4, -0.2) is 70.5 Å². The Morgan fingerprint density at radius 2 is 1.94 bits per heavy atom. The Morgan fingerprint density at radius 3 is 2.64 bits per heavy atom. The smallest absolute Gasteiger partial charge is 0.229 e. The molecule has 2 aliphatic heterocycles. The Morgan fingerprint density at radius 1 is 1.14 bits per heavy atom. The number of fused-ring (bicyclic) bond motifs is 1. The van der Waals surface area contributed by atoms with E-state index in [-0.39, 0.29) is 23.3 Å². The summed E-state index contributed by atoms with van der Waals surface area (Å²) in [6, 6.07) is 6.48. The maximum Gasteiger partial charge on any atom is 0.229 e. The van der Waals surface area contributed by atoms with Gasteiger partial charge >= 0.3 is 0 Å². The molecule has 4 heterocycles. The first-order valence-electron chi connectivity index (χ1n) is 13.1. The average Bonchev–Trinajstić information content (AvgIpc) is 3.15. The molecule has 8 heteroatoms. The third-order valence-corrected chi connectivity index (χ3v) is 8.66. The van der Waals surface area contributed by atoms with Gasteiger partial charge in [0.15, 0.2) is 0 Å². The summed E-state index contributed by atoms with van der Waals surface area (Å²) < 4.78 is 7.48. The summed E-state index contributed by atoms with van der Waals surface area (Å²) >= 11 is 0. The summed E-state index contributed by atoms with van der Waals surface area (Å²) in [6.07, 6.45) is 6.87. The number of nitrogens with zero attached hydrogens (tertiary/aromatic N) is 5. The predicted octanol–water partition coefficient (Wildman–Crippen LogP) is 3.57. The second-order valence-corrected chi connectivity index (χ2v) is 11.2. The van der Waals surface area contributed by atoms with Crippen molar-refractivity contribution in [3.05, 3.63) is 47.9 Å². The Hall–Kier alpha value is -2.97. The fraction of sp³-hybridized carbons (Fsp3) is 0.536. The first-order chi connectivity index (χ1) is 17.3. The van der Waals surface area contributed by atoms with Crippen molar-refractivity contribution >= 4 is 28.2 Å². The highest BCUT2D eigenvalue weighted by Gasteiger charge is 2.53. The molecule has 1 saturated carbocycles. The zero-order valence-electron chi connectivity index (χ0n) is 21.7. The summed E-state index contributed by atoms with van der Waals surface area (Å²) in [4.78, 5) is 22.7. The zero-order valence-corrected chi connectivity index (χ0v) is 21.7. The summed E-state index contributed by atoms with van der Waals surface area (Å²) in [6.45, 7) is 12.5. The Bertz CT molecular complexity index is 1290. The lowest BCUT2D eigenvalue weighted by molar-refractivity contribution is -0.117. The van der Waals surface area contributed by atoms with E-state index in [0.29, 0.717) is 11.7 Å². The molecule has 3 aromatic rings. The van der Waals surface area contributed by atoms with Crippen molar-refractivity contribution in [2.24, 2.45) is 18.9 Å². The minimum atomic E-state index is -0.0382. The summed E-state index contributed by atoms with van der Waals surface area (Å²) in [5.74, 6) is 1.15. The maximum absolute atomic E-state index is 13.0. The number of aromatic nitrogens is 3. The van der Waals surface area contributed by atoms with E-state index in [4.69, 9.17) is 4.74 Å². The first kappa shape index (κ1) is 23.4. The van der Waals surface area contributed by atoms with E-state index in [2.05, 4.69) is 58.1 Å². The molecule has 0 spiro atoms. The largest absolute Gasteiger partial charge is 0.379 e. The molecule has 1 N–H and O–H groups in total. The van der Waals surface area contributed by atoms with E-state index in [1.165, 1.54) is 11.3 Å². The van der Waals surface area contributed by atoms with Gasteiger partial charge in [-0.3, -0.25) is 14.4 Å². The highest BCUT2D eigenvalue weighted by atomic mass is 16.5.